The molecular weight excluding hydrogens is 360 g/mol. The number of hydrogen-bond acceptors (Lipinski definition) is 0. The first-order valence-corrected chi connectivity index (χ1v) is 11.0. The summed E-state index contributed by atoms with van der Waals surface area (Å²) < 4.78 is 0. The van der Waals surface area contributed by atoms with Crippen LogP contribution in [-0.2, 0) is 18.3 Å². The Morgan fingerprint density at radius 1 is 0.600 bits per heavy atom. The van der Waals surface area contributed by atoms with E-state index in [0.717, 1.165) is 12.8 Å². The zero-order valence-electron chi connectivity index (χ0n) is 17.7. The Hall–Kier alpha value is -3.12. The number of rotatable bonds is 2. The van der Waals surface area contributed by atoms with Gasteiger partial charge >= 0.3 is 0 Å². The quantitative estimate of drug-likeness (QED) is 0.334. The summed E-state index contributed by atoms with van der Waals surface area (Å²) in [5.41, 5.74) is 12.9. The maximum Gasteiger partial charge on any atom is 0.0159 e. The zero-order chi connectivity index (χ0) is 20.3. The second kappa shape index (κ2) is 6.44. The van der Waals surface area contributed by atoms with Crippen LogP contribution in [0.25, 0.3) is 22.3 Å². The molecule has 0 heterocycles. The molecule has 0 nitrogen and oxygen atoms in total. The minimum Gasteiger partial charge on any atom is -0.0620 e. The molecule has 2 aliphatic carbocycles. The molecule has 0 unspecified atom stereocenters. The fourth-order valence-corrected chi connectivity index (χ4v) is 5.65. The van der Waals surface area contributed by atoms with Gasteiger partial charge in [0, 0.05) is 5.41 Å². The van der Waals surface area contributed by atoms with Gasteiger partial charge < -0.3 is 0 Å². The Morgan fingerprint density at radius 2 is 1.27 bits per heavy atom. The van der Waals surface area contributed by atoms with E-state index in [-0.39, 0.29) is 5.41 Å². The lowest BCUT2D eigenvalue weighted by atomic mass is 9.81. The summed E-state index contributed by atoms with van der Waals surface area (Å²) in [6.45, 7) is 4.71. The number of hydrogen-bond donors (Lipinski definition) is 0. The third kappa shape index (κ3) is 2.60. The molecule has 0 aromatic heterocycles. The summed E-state index contributed by atoms with van der Waals surface area (Å²) >= 11 is 0. The molecule has 0 amide bonds. The Kier molecular flexibility index (Phi) is 3.80. The van der Waals surface area contributed by atoms with Gasteiger partial charge in [-0.2, -0.15) is 0 Å². The molecule has 4 aromatic rings. The maximum atomic E-state index is 2.43. The van der Waals surface area contributed by atoms with E-state index in [9.17, 15) is 0 Å². The highest BCUT2D eigenvalue weighted by Gasteiger charge is 2.35. The summed E-state index contributed by atoms with van der Waals surface area (Å²) in [7, 11) is 0. The topological polar surface area (TPSA) is 0 Å². The Bertz CT molecular complexity index is 1250. The van der Waals surface area contributed by atoms with Gasteiger partial charge in [0.1, 0.15) is 0 Å². The van der Waals surface area contributed by atoms with E-state index in [0.29, 0.717) is 5.92 Å². The first-order chi connectivity index (χ1) is 14.6. The monoisotopic (exact) mass is 386 g/mol. The third-order valence-corrected chi connectivity index (χ3v) is 7.33. The average molecular weight is 387 g/mol. The van der Waals surface area contributed by atoms with Crippen LogP contribution in [-0.4, -0.2) is 0 Å². The third-order valence-electron chi connectivity index (χ3n) is 7.33. The lowest BCUT2D eigenvalue weighted by Crippen LogP contribution is -2.14. The fourth-order valence-electron chi connectivity index (χ4n) is 5.65. The van der Waals surface area contributed by atoms with Crippen molar-refractivity contribution in [2.45, 2.75) is 38.0 Å². The molecular formula is C30H26. The molecule has 0 bridgehead atoms. The average Bonchev–Trinajstić information content (AvgIpc) is 3.32. The van der Waals surface area contributed by atoms with Crippen molar-refractivity contribution in [3.63, 3.8) is 0 Å². The highest BCUT2D eigenvalue weighted by Crippen LogP contribution is 2.49. The van der Waals surface area contributed by atoms with E-state index >= 15 is 0 Å². The van der Waals surface area contributed by atoms with Gasteiger partial charge in [-0.1, -0.05) is 98.8 Å². The largest absolute Gasteiger partial charge is 0.0620 e. The molecule has 0 heteroatoms. The Morgan fingerprint density at radius 3 is 2.07 bits per heavy atom. The molecule has 0 atom stereocenters. The van der Waals surface area contributed by atoms with Crippen LogP contribution in [0.1, 0.15) is 47.6 Å². The van der Waals surface area contributed by atoms with Crippen LogP contribution >= 0.6 is 0 Å². The van der Waals surface area contributed by atoms with Crippen LogP contribution in [0.2, 0.25) is 0 Å². The SMILES string of the molecule is CC1(C)c2ccccc2-c2ccc(-c3cccc(C4Cc5ccccc5C4)c3)cc21. The van der Waals surface area contributed by atoms with Crippen molar-refractivity contribution >= 4 is 0 Å². The van der Waals surface area contributed by atoms with Crippen molar-refractivity contribution in [3.05, 3.63) is 119 Å². The van der Waals surface area contributed by atoms with Crippen molar-refractivity contribution in [2.75, 3.05) is 0 Å². The molecule has 0 saturated heterocycles. The van der Waals surface area contributed by atoms with E-state index in [1.54, 1.807) is 0 Å². The highest BCUT2D eigenvalue weighted by molar-refractivity contribution is 5.83. The van der Waals surface area contributed by atoms with E-state index in [1.165, 1.54) is 50.1 Å². The fraction of sp³-hybridized carbons (Fsp3) is 0.200. The summed E-state index contributed by atoms with van der Waals surface area (Å²) in [6.07, 6.45) is 2.32. The standard InChI is InChI=1S/C30H26/c1-30(2)28-13-6-5-12-26(28)27-15-14-24(19-29(27)30)22-10-7-11-23(16-22)25-17-20-8-3-4-9-21(20)18-25/h3-16,19,25H,17-18H2,1-2H3. The maximum absolute atomic E-state index is 2.43. The van der Waals surface area contributed by atoms with E-state index in [2.05, 4.69) is 105 Å². The van der Waals surface area contributed by atoms with Gasteiger partial charge in [0.05, 0.1) is 0 Å². The summed E-state index contributed by atoms with van der Waals surface area (Å²) in [5.74, 6) is 0.595. The lowest BCUT2D eigenvalue weighted by Gasteiger charge is -2.22. The second-order valence-electron chi connectivity index (χ2n) is 9.43. The van der Waals surface area contributed by atoms with E-state index < -0.39 is 0 Å². The molecule has 146 valence electrons. The van der Waals surface area contributed by atoms with E-state index in [4.69, 9.17) is 0 Å². The van der Waals surface area contributed by atoms with Gasteiger partial charge in [0.15, 0.2) is 0 Å². The normalized spacial score (nSPS) is 16.2. The molecule has 0 radical (unpaired) electrons. The first kappa shape index (κ1) is 17.7. The summed E-state index contributed by atoms with van der Waals surface area (Å²) in [6, 6.07) is 34.1. The van der Waals surface area contributed by atoms with Gasteiger partial charge in [0.25, 0.3) is 0 Å². The molecule has 0 aliphatic heterocycles. The van der Waals surface area contributed by atoms with Gasteiger partial charge in [-0.15, -0.1) is 0 Å². The van der Waals surface area contributed by atoms with Gasteiger partial charge in [-0.3, -0.25) is 0 Å². The van der Waals surface area contributed by atoms with Crippen molar-refractivity contribution in [3.8, 4) is 22.3 Å². The zero-order valence-corrected chi connectivity index (χ0v) is 17.7. The molecule has 0 fully saturated rings. The van der Waals surface area contributed by atoms with Crippen molar-refractivity contribution in [1.82, 2.24) is 0 Å². The molecule has 0 saturated carbocycles. The lowest BCUT2D eigenvalue weighted by molar-refractivity contribution is 0.660. The molecule has 6 rings (SSSR count). The summed E-state index contributed by atoms with van der Waals surface area (Å²) in [4.78, 5) is 0. The first-order valence-electron chi connectivity index (χ1n) is 11.0. The van der Waals surface area contributed by atoms with Crippen LogP contribution in [0, 0.1) is 0 Å². The Labute approximate surface area is 179 Å². The second-order valence-corrected chi connectivity index (χ2v) is 9.43. The predicted molar refractivity (Wildman–Crippen MR) is 126 cm³/mol. The van der Waals surface area contributed by atoms with Crippen LogP contribution in [0.15, 0.2) is 91.0 Å². The minimum absolute atomic E-state index is 0.0483. The number of benzene rings is 4. The molecule has 4 aromatic carbocycles. The molecule has 30 heavy (non-hydrogen) atoms. The Balaban J connectivity index is 1.38. The smallest absolute Gasteiger partial charge is 0.0159 e. The van der Waals surface area contributed by atoms with Gasteiger partial charge in [-0.25, -0.2) is 0 Å². The van der Waals surface area contributed by atoms with Crippen molar-refractivity contribution < 1.29 is 0 Å². The summed E-state index contributed by atoms with van der Waals surface area (Å²) in [5, 5.41) is 0. The van der Waals surface area contributed by atoms with Gasteiger partial charge in [-0.05, 0) is 74.9 Å². The van der Waals surface area contributed by atoms with Crippen LogP contribution in [0.3, 0.4) is 0 Å². The van der Waals surface area contributed by atoms with Crippen LogP contribution in [0.5, 0.6) is 0 Å². The molecule has 0 N–H and O–H groups in total. The van der Waals surface area contributed by atoms with Crippen molar-refractivity contribution in [1.29, 1.82) is 0 Å². The van der Waals surface area contributed by atoms with Crippen LogP contribution in [0.4, 0.5) is 0 Å². The highest BCUT2D eigenvalue weighted by atomic mass is 14.4. The predicted octanol–water partition coefficient (Wildman–Crippen LogP) is 7.54. The van der Waals surface area contributed by atoms with Gasteiger partial charge in [0.2, 0.25) is 0 Å². The van der Waals surface area contributed by atoms with Crippen molar-refractivity contribution in [2.24, 2.45) is 0 Å². The van der Waals surface area contributed by atoms with E-state index in [1.807, 2.05) is 0 Å². The minimum atomic E-state index is 0.0483. The van der Waals surface area contributed by atoms with Crippen LogP contribution < -0.4 is 0 Å². The molecule has 0 spiro atoms. The molecule has 2 aliphatic rings. The number of fused-ring (bicyclic) bond motifs is 4.